The van der Waals surface area contributed by atoms with Crippen LogP contribution in [0, 0.1) is 5.92 Å². The van der Waals surface area contributed by atoms with Gasteiger partial charge in [0.05, 0.1) is 0 Å². The highest BCUT2D eigenvalue weighted by molar-refractivity contribution is 5.90. The molecule has 0 aliphatic carbocycles. The molecular formula is C12H22F3NO. The summed E-state index contributed by atoms with van der Waals surface area (Å²) in [5, 5.41) is 0. The van der Waals surface area contributed by atoms with E-state index in [4.69, 9.17) is 4.74 Å². The van der Waals surface area contributed by atoms with E-state index in [0.29, 0.717) is 12.1 Å². The molecule has 0 rings (SSSR count). The summed E-state index contributed by atoms with van der Waals surface area (Å²) in [6.45, 7) is 6.16. The normalized spacial score (nSPS) is 17.4. The van der Waals surface area contributed by atoms with Gasteiger partial charge in [0.2, 0.25) is 0 Å². The molecule has 0 aromatic rings. The number of aliphatic imine (C=N–C) groups is 1. The van der Waals surface area contributed by atoms with E-state index in [0.717, 1.165) is 6.42 Å². The minimum atomic E-state index is -4.30. The fraction of sp³-hybridized carbons (Fsp3) is 0.917. The largest absolute Gasteiger partial charge is 0.411 e. The molecule has 2 nitrogen and oxygen atoms in total. The molecule has 0 aliphatic rings. The van der Waals surface area contributed by atoms with Gasteiger partial charge in [-0.05, 0) is 19.3 Å². The van der Waals surface area contributed by atoms with E-state index in [1.54, 1.807) is 14.0 Å². The fourth-order valence-corrected chi connectivity index (χ4v) is 2.00. The van der Waals surface area contributed by atoms with Gasteiger partial charge in [0.1, 0.15) is 12.2 Å². The molecule has 0 heterocycles. The number of rotatable bonds is 6. The zero-order valence-corrected chi connectivity index (χ0v) is 11.2. The number of halogens is 3. The number of nitrogens with zero attached hydrogens (tertiary/aromatic N) is 1. The molecule has 0 aromatic carbocycles. The van der Waals surface area contributed by atoms with Crippen LogP contribution in [0.1, 0.15) is 40.5 Å². The van der Waals surface area contributed by atoms with Gasteiger partial charge >= 0.3 is 6.18 Å². The Kier molecular flexibility index (Phi) is 6.16. The van der Waals surface area contributed by atoms with Gasteiger partial charge in [0, 0.05) is 12.8 Å². The van der Waals surface area contributed by atoms with E-state index in [2.05, 4.69) is 4.99 Å². The Morgan fingerprint density at radius 2 is 1.82 bits per heavy atom. The third-order valence-corrected chi connectivity index (χ3v) is 3.00. The lowest BCUT2D eigenvalue weighted by molar-refractivity contribution is -0.200. The monoisotopic (exact) mass is 253 g/mol. The Morgan fingerprint density at radius 1 is 1.29 bits per heavy atom. The maximum atomic E-state index is 12.3. The lowest BCUT2D eigenvalue weighted by Crippen LogP contribution is -2.47. The summed E-state index contributed by atoms with van der Waals surface area (Å²) in [4.78, 5) is 4.03. The molecule has 0 amide bonds. The molecule has 5 heteroatoms. The third kappa shape index (κ3) is 4.66. The van der Waals surface area contributed by atoms with Gasteiger partial charge in [-0.25, -0.2) is 0 Å². The smallest absolute Gasteiger partial charge is 0.359 e. The first-order valence-corrected chi connectivity index (χ1v) is 5.84. The molecule has 0 saturated heterocycles. The number of alkyl halides is 3. The van der Waals surface area contributed by atoms with Crippen molar-refractivity contribution in [2.45, 2.75) is 52.3 Å². The summed E-state index contributed by atoms with van der Waals surface area (Å²) in [6.07, 6.45) is -3.01. The average Bonchev–Trinajstić information content (AvgIpc) is 2.21. The van der Waals surface area contributed by atoms with Crippen LogP contribution >= 0.6 is 0 Å². The summed E-state index contributed by atoms with van der Waals surface area (Å²) in [7, 11) is 1.58. The second-order valence-corrected chi connectivity index (χ2v) is 4.51. The van der Waals surface area contributed by atoms with Crippen molar-refractivity contribution in [2.24, 2.45) is 10.9 Å². The molecule has 0 bridgehead atoms. The zero-order valence-electron chi connectivity index (χ0n) is 11.2. The van der Waals surface area contributed by atoms with Gasteiger partial charge in [0.25, 0.3) is 0 Å². The molecule has 17 heavy (non-hydrogen) atoms. The predicted octanol–water partition coefficient (Wildman–Crippen LogP) is 3.85. The van der Waals surface area contributed by atoms with E-state index in [-0.39, 0.29) is 5.92 Å². The summed E-state index contributed by atoms with van der Waals surface area (Å²) < 4.78 is 42.1. The molecule has 1 atom stereocenters. The fourth-order valence-electron chi connectivity index (χ4n) is 2.00. The van der Waals surface area contributed by atoms with E-state index >= 15 is 0 Å². The van der Waals surface area contributed by atoms with Gasteiger partial charge in [-0.15, -0.1) is 0 Å². The quantitative estimate of drug-likeness (QED) is 0.659. The van der Waals surface area contributed by atoms with Crippen molar-refractivity contribution in [2.75, 3.05) is 13.7 Å². The average molecular weight is 253 g/mol. The standard InChI is InChI=1S/C12H22F3NO/c1-6-7-11(9(2)3,10(4)16-5)17-8-12(13,14)15/h9H,6-8H2,1-5H3/b16-10-. The molecule has 102 valence electrons. The highest BCUT2D eigenvalue weighted by Crippen LogP contribution is 2.31. The van der Waals surface area contributed by atoms with Crippen LogP contribution in [0.25, 0.3) is 0 Å². The van der Waals surface area contributed by atoms with Gasteiger partial charge in [-0.1, -0.05) is 27.2 Å². The highest BCUT2D eigenvalue weighted by atomic mass is 19.4. The molecule has 0 fully saturated rings. The predicted molar refractivity (Wildman–Crippen MR) is 63.5 cm³/mol. The van der Waals surface area contributed by atoms with Crippen LogP contribution in [0.5, 0.6) is 0 Å². The van der Waals surface area contributed by atoms with Crippen LogP contribution in [0.2, 0.25) is 0 Å². The summed E-state index contributed by atoms with van der Waals surface area (Å²) >= 11 is 0. The van der Waals surface area contributed by atoms with Crippen molar-refractivity contribution in [1.82, 2.24) is 0 Å². The van der Waals surface area contributed by atoms with Gasteiger partial charge in [0.15, 0.2) is 0 Å². The Morgan fingerprint density at radius 3 is 2.12 bits per heavy atom. The van der Waals surface area contributed by atoms with Crippen molar-refractivity contribution in [1.29, 1.82) is 0 Å². The lowest BCUT2D eigenvalue weighted by Gasteiger charge is -2.38. The van der Waals surface area contributed by atoms with Gasteiger partial charge < -0.3 is 4.74 Å². The number of ether oxygens (including phenoxy) is 1. The van der Waals surface area contributed by atoms with Gasteiger partial charge in [-0.2, -0.15) is 13.2 Å². The maximum Gasteiger partial charge on any atom is 0.411 e. The Labute approximate surface area is 101 Å². The van der Waals surface area contributed by atoms with Crippen LogP contribution in [0.3, 0.4) is 0 Å². The van der Waals surface area contributed by atoms with E-state index in [1.165, 1.54) is 0 Å². The summed E-state index contributed by atoms with van der Waals surface area (Å²) in [5.41, 5.74) is -0.280. The molecule has 0 N–H and O–H groups in total. The second-order valence-electron chi connectivity index (χ2n) is 4.51. The van der Waals surface area contributed by atoms with Crippen molar-refractivity contribution in [3.63, 3.8) is 0 Å². The Bertz CT molecular complexity index is 261. The summed E-state index contributed by atoms with van der Waals surface area (Å²) in [6, 6.07) is 0. The molecule has 0 radical (unpaired) electrons. The van der Waals surface area contributed by atoms with Crippen molar-refractivity contribution in [3.05, 3.63) is 0 Å². The van der Waals surface area contributed by atoms with Crippen molar-refractivity contribution >= 4 is 5.71 Å². The van der Waals surface area contributed by atoms with Crippen LogP contribution in [-0.2, 0) is 4.74 Å². The molecule has 0 spiro atoms. The minimum absolute atomic E-state index is 0.0477. The Balaban J connectivity index is 5.05. The van der Waals surface area contributed by atoms with Crippen LogP contribution in [-0.4, -0.2) is 31.1 Å². The second kappa shape index (κ2) is 6.38. The van der Waals surface area contributed by atoms with E-state index in [9.17, 15) is 13.2 Å². The van der Waals surface area contributed by atoms with E-state index < -0.39 is 18.4 Å². The van der Waals surface area contributed by atoms with Crippen LogP contribution in [0.4, 0.5) is 13.2 Å². The molecule has 0 aliphatic heterocycles. The first-order chi connectivity index (χ1) is 7.69. The molecule has 1 unspecified atom stereocenters. The number of hydrogen-bond acceptors (Lipinski definition) is 2. The summed E-state index contributed by atoms with van der Waals surface area (Å²) in [5.74, 6) is -0.0477. The Hall–Kier alpha value is -0.580. The molecule has 0 aromatic heterocycles. The number of hydrogen-bond donors (Lipinski definition) is 0. The molecule has 0 saturated carbocycles. The highest BCUT2D eigenvalue weighted by Gasteiger charge is 2.41. The third-order valence-electron chi connectivity index (χ3n) is 3.00. The first-order valence-electron chi connectivity index (χ1n) is 5.84. The van der Waals surface area contributed by atoms with Crippen LogP contribution in [0.15, 0.2) is 4.99 Å². The topological polar surface area (TPSA) is 21.6 Å². The SMILES string of the molecule is CCCC(OCC(F)(F)F)(/C(C)=N\C)C(C)C. The first kappa shape index (κ1) is 16.4. The van der Waals surface area contributed by atoms with Gasteiger partial charge in [-0.3, -0.25) is 4.99 Å². The lowest BCUT2D eigenvalue weighted by atomic mass is 9.82. The maximum absolute atomic E-state index is 12.3. The van der Waals surface area contributed by atoms with Crippen LogP contribution < -0.4 is 0 Å². The minimum Gasteiger partial charge on any atom is -0.359 e. The van der Waals surface area contributed by atoms with Crippen molar-refractivity contribution < 1.29 is 17.9 Å². The zero-order chi connectivity index (χ0) is 13.7. The molecular weight excluding hydrogens is 231 g/mol. The van der Waals surface area contributed by atoms with E-state index in [1.807, 2.05) is 20.8 Å². The van der Waals surface area contributed by atoms with Crippen molar-refractivity contribution in [3.8, 4) is 0 Å².